The van der Waals surface area contributed by atoms with Crippen LogP contribution in [0.25, 0.3) is 42.9 Å². The summed E-state index contributed by atoms with van der Waals surface area (Å²) in [6.45, 7) is 12.4. The van der Waals surface area contributed by atoms with Gasteiger partial charge in [-0.3, -0.25) is 9.59 Å². The van der Waals surface area contributed by atoms with Crippen LogP contribution in [0.15, 0.2) is 48.5 Å². The average molecular weight is 797 g/mol. The molecule has 2 fully saturated rings. The summed E-state index contributed by atoms with van der Waals surface area (Å²) >= 11 is 1.60. The number of thiophene rings is 1. The van der Waals surface area contributed by atoms with Crippen LogP contribution < -0.4 is 10.6 Å². The Kier molecular flexibility index (Phi) is 11.3. The van der Waals surface area contributed by atoms with E-state index >= 15 is 0 Å². The number of H-pyrrole nitrogens is 2. The molecule has 5 aromatic rings. The van der Waals surface area contributed by atoms with Crippen LogP contribution in [-0.4, -0.2) is 92.6 Å². The van der Waals surface area contributed by atoms with Crippen LogP contribution in [0.1, 0.15) is 84.5 Å². The lowest BCUT2D eigenvalue weighted by atomic mass is 10.0. The number of aromatic nitrogens is 4. The molecule has 0 aliphatic carbocycles. The first kappa shape index (κ1) is 39.8. The fourth-order valence-electron chi connectivity index (χ4n) is 8.23. The van der Waals surface area contributed by atoms with Gasteiger partial charge in [0.2, 0.25) is 11.8 Å². The van der Waals surface area contributed by atoms with E-state index in [1.165, 1.54) is 14.2 Å². The van der Waals surface area contributed by atoms with Gasteiger partial charge in [-0.15, -0.1) is 11.3 Å². The number of amides is 4. The van der Waals surface area contributed by atoms with Crippen LogP contribution in [0.4, 0.5) is 9.59 Å². The molecule has 0 saturated carbocycles. The third-order valence-electron chi connectivity index (χ3n) is 11.3. The van der Waals surface area contributed by atoms with Gasteiger partial charge in [0.05, 0.1) is 42.9 Å². The Morgan fingerprint density at radius 1 is 0.754 bits per heavy atom. The van der Waals surface area contributed by atoms with E-state index in [4.69, 9.17) is 19.4 Å². The van der Waals surface area contributed by atoms with E-state index in [9.17, 15) is 19.2 Å². The molecule has 4 N–H and O–H groups in total. The number of ether oxygens (including phenoxy) is 2. The second-order valence-electron chi connectivity index (χ2n) is 16.1. The largest absolute Gasteiger partial charge is 0.453 e. The first-order chi connectivity index (χ1) is 27.3. The number of benzene rings is 2. The lowest BCUT2D eigenvalue weighted by Crippen LogP contribution is -2.52. The lowest BCUT2D eigenvalue weighted by Gasteiger charge is -2.32. The molecular weight excluding hydrogens is 745 g/mol. The Morgan fingerprint density at radius 2 is 1.35 bits per heavy atom. The molecule has 0 spiro atoms. The number of carbonyl (C=O) groups excluding carboxylic acids is 4. The molecule has 2 aliphatic rings. The number of rotatable bonds is 10. The van der Waals surface area contributed by atoms with Crippen molar-refractivity contribution in [2.45, 2.75) is 91.0 Å². The Hall–Kier alpha value is -5.44. The molecule has 15 heteroatoms. The molecule has 2 saturated heterocycles. The molecule has 2 aliphatic heterocycles. The van der Waals surface area contributed by atoms with Gasteiger partial charge in [0.15, 0.2) is 0 Å². The third-order valence-corrected chi connectivity index (χ3v) is 12.4. The second kappa shape index (κ2) is 16.2. The predicted octanol–water partition coefficient (Wildman–Crippen LogP) is 7.56. The van der Waals surface area contributed by atoms with Crippen LogP contribution in [-0.2, 0) is 19.1 Å². The molecule has 0 radical (unpaired) electrons. The van der Waals surface area contributed by atoms with E-state index in [2.05, 4.69) is 70.0 Å². The van der Waals surface area contributed by atoms with Crippen LogP contribution in [0, 0.1) is 17.8 Å². The number of imidazole rings is 2. The predicted molar refractivity (Wildman–Crippen MR) is 219 cm³/mol. The van der Waals surface area contributed by atoms with Crippen LogP contribution in [0.2, 0.25) is 0 Å². The van der Waals surface area contributed by atoms with Gasteiger partial charge in [-0.05, 0) is 78.8 Å². The van der Waals surface area contributed by atoms with E-state index in [1.54, 1.807) is 11.3 Å². The third kappa shape index (κ3) is 7.94. The number of fused-ring (bicyclic) bond motifs is 2. The Balaban J connectivity index is 1.06. The normalized spacial score (nSPS) is 20.7. The zero-order valence-electron chi connectivity index (χ0n) is 33.7. The summed E-state index contributed by atoms with van der Waals surface area (Å²) in [6, 6.07) is 14.8. The Bertz CT molecular complexity index is 2250. The summed E-state index contributed by atoms with van der Waals surface area (Å²) in [5.74, 6) is 1.28. The fourth-order valence-corrected chi connectivity index (χ4v) is 9.24. The number of alkyl carbamates (subject to hydrolysis) is 2. The van der Waals surface area contributed by atoms with Gasteiger partial charge in [-0.2, -0.15) is 0 Å². The van der Waals surface area contributed by atoms with E-state index < -0.39 is 24.3 Å². The van der Waals surface area contributed by atoms with Gasteiger partial charge in [0.25, 0.3) is 0 Å². The number of nitrogens with zero attached hydrogens (tertiary/aromatic N) is 4. The number of carbonyl (C=O) groups is 4. The van der Waals surface area contributed by atoms with Crippen LogP contribution in [0.5, 0.6) is 0 Å². The molecule has 4 amide bonds. The molecule has 57 heavy (non-hydrogen) atoms. The molecule has 0 bridgehead atoms. The number of methoxy groups -OCH3 is 2. The zero-order valence-corrected chi connectivity index (χ0v) is 34.5. The highest BCUT2D eigenvalue weighted by Gasteiger charge is 2.42. The van der Waals surface area contributed by atoms with E-state index in [0.717, 1.165) is 73.9 Å². The van der Waals surface area contributed by atoms with Crippen molar-refractivity contribution in [3.63, 3.8) is 0 Å². The Morgan fingerprint density at radius 3 is 1.98 bits per heavy atom. The average Bonchev–Trinajstić information content (AvgIpc) is 4.02. The maximum Gasteiger partial charge on any atom is 0.407 e. The summed E-state index contributed by atoms with van der Waals surface area (Å²) in [7, 11) is 2.59. The van der Waals surface area contributed by atoms with Crippen molar-refractivity contribution < 1.29 is 28.7 Å². The highest BCUT2D eigenvalue weighted by atomic mass is 32.1. The van der Waals surface area contributed by atoms with Gasteiger partial charge < -0.3 is 39.9 Å². The van der Waals surface area contributed by atoms with Gasteiger partial charge >= 0.3 is 12.2 Å². The summed E-state index contributed by atoms with van der Waals surface area (Å²) < 4.78 is 9.58. The maximum absolute atomic E-state index is 13.8. The Labute approximate surface area is 336 Å². The minimum Gasteiger partial charge on any atom is -0.453 e. The van der Waals surface area contributed by atoms with Gasteiger partial charge in [0.1, 0.15) is 28.6 Å². The number of hydrogen-bond acceptors (Lipinski definition) is 9. The molecule has 6 atom stereocenters. The van der Waals surface area contributed by atoms with Gasteiger partial charge in [-0.25, -0.2) is 19.6 Å². The molecule has 3 aromatic heterocycles. The maximum atomic E-state index is 13.8. The minimum absolute atomic E-state index is 0.00219. The quantitative estimate of drug-likeness (QED) is 0.112. The SMILES string of the molecule is COC(=O)NC(C(=O)N1C(C)CCC1c1nc2ccc(-c3ccc(-c4cc5[nH]c([C@@H]6C[C@H](C)CN6C(=O)[C@@H](NC(=O)OC)C(C)C)nc5s4)cc3)cc2[nH]1)C(C)C. The number of likely N-dealkylation sites (tertiary alicyclic amines) is 2. The summed E-state index contributed by atoms with van der Waals surface area (Å²) in [5.41, 5.74) is 5.80. The van der Waals surface area contributed by atoms with E-state index in [0.29, 0.717) is 6.54 Å². The van der Waals surface area contributed by atoms with Crippen molar-refractivity contribution in [1.29, 1.82) is 0 Å². The van der Waals surface area contributed by atoms with E-state index in [-0.39, 0.29) is 47.7 Å². The summed E-state index contributed by atoms with van der Waals surface area (Å²) in [5, 5.41) is 5.44. The molecule has 2 aromatic carbocycles. The molecule has 7 rings (SSSR count). The lowest BCUT2D eigenvalue weighted by molar-refractivity contribution is -0.137. The monoisotopic (exact) mass is 796 g/mol. The molecule has 3 unspecified atom stereocenters. The first-order valence-electron chi connectivity index (χ1n) is 19.7. The molecule has 302 valence electrons. The van der Waals surface area contributed by atoms with E-state index in [1.807, 2.05) is 50.5 Å². The standard InChI is InChI=1S/C42H52N8O6S/c1-21(2)34(46-41(53)55-7)39(51)49-20-23(5)17-32(49)37-45-30-19-33(57-38(30)48-37)26-12-10-25(11-13-26)27-14-15-28-29(18-27)44-36(43-28)31-16-9-24(6)50(31)40(52)35(22(3)4)47-42(54)56-8/h10-15,18-19,21-24,31-32,34-35H,9,16-17,20H2,1-8H3,(H,43,44)(H,45,48)(H,46,53)(H,47,54)/t23-,24?,31?,32-,34-,35?/m0/s1. The number of hydrogen-bond donors (Lipinski definition) is 4. The van der Waals surface area contributed by atoms with Crippen molar-refractivity contribution in [1.82, 2.24) is 40.4 Å². The van der Waals surface area contributed by atoms with Crippen molar-refractivity contribution >= 4 is 56.7 Å². The van der Waals surface area contributed by atoms with Gasteiger partial charge in [0, 0.05) is 17.5 Å². The number of aromatic amines is 2. The van der Waals surface area contributed by atoms with Crippen molar-refractivity contribution in [3.8, 4) is 21.6 Å². The van der Waals surface area contributed by atoms with Crippen LogP contribution >= 0.6 is 11.3 Å². The first-order valence-corrected chi connectivity index (χ1v) is 20.5. The highest BCUT2D eigenvalue weighted by Crippen LogP contribution is 2.40. The fraction of sp³-hybridized carbons (Fsp3) is 0.476. The van der Waals surface area contributed by atoms with Crippen LogP contribution in [0.3, 0.4) is 0 Å². The minimum atomic E-state index is -0.706. The van der Waals surface area contributed by atoms with Crippen molar-refractivity contribution in [3.05, 3.63) is 60.2 Å². The number of nitrogens with one attached hydrogen (secondary N) is 4. The van der Waals surface area contributed by atoms with Crippen molar-refractivity contribution in [2.75, 3.05) is 20.8 Å². The molecular formula is C42H52N8O6S. The van der Waals surface area contributed by atoms with Gasteiger partial charge in [-0.1, -0.05) is 65.0 Å². The zero-order chi connectivity index (χ0) is 40.7. The topological polar surface area (TPSA) is 175 Å². The summed E-state index contributed by atoms with van der Waals surface area (Å²) in [6.07, 6.45) is 1.14. The second-order valence-corrected chi connectivity index (χ2v) is 17.2. The smallest absolute Gasteiger partial charge is 0.407 e. The summed E-state index contributed by atoms with van der Waals surface area (Å²) in [4.78, 5) is 74.2. The molecule has 5 heterocycles. The molecule has 14 nitrogen and oxygen atoms in total. The van der Waals surface area contributed by atoms with Crippen molar-refractivity contribution in [2.24, 2.45) is 17.8 Å². The highest BCUT2D eigenvalue weighted by molar-refractivity contribution is 7.21.